The number of benzene rings is 1. The normalized spacial score (nSPS) is 19.3. The lowest BCUT2D eigenvalue weighted by molar-refractivity contribution is -0.121. The Morgan fingerprint density at radius 3 is 2.41 bits per heavy atom. The number of amides is 3. The summed E-state index contributed by atoms with van der Waals surface area (Å²) >= 11 is 1.59. The highest BCUT2D eigenvalue weighted by molar-refractivity contribution is 7.10. The van der Waals surface area contributed by atoms with Crippen LogP contribution in [0.2, 0.25) is 0 Å². The third-order valence-electron chi connectivity index (χ3n) is 4.92. The van der Waals surface area contributed by atoms with E-state index < -0.39 is 0 Å². The van der Waals surface area contributed by atoms with E-state index in [1.165, 1.54) is 5.56 Å². The third kappa shape index (κ3) is 6.10. The molecule has 2 atom stereocenters. The molecule has 0 aliphatic heterocycles. The zero-order valence-electron chi connectivity index (χ0n) is 15.7. The van der Waals surface area contributed by atoms with Crippen LogP contribution in [-0.4, -0.2) is 24.0 Å². The molecule has 5 nitrogen and oxygen atoms in total. The zero-order valence-corrected chi connectivity index (χ0v) is 16.5. The molecule has 1 heterocycles. The largest absolute Gasteiger partial charge is 0.351 e. The van der Waals surface area contributed by atoms with Crippen molar-refractivity contribution in [1.29, 1.82) is 0 Å². The van der Waals surface area contributed by atoms with Crippen molar-refractivity contribution < 1.29 is 9.59 Å². The van der Waals surface area contributed by atoms with Gasteiger partial charge in [-0.3, -0.25) is 4.79 Å². The van der Waals surface area contributed by atoms with E-state index in [1.807, 2.05) is 48.7 Å². The van der Waals surface area contributed by atoms with Crippen LogP contribution in [0.3, 0.4) is 0 Å². The minimum absolute atomic E-state index is 0.00339. The van der Waals surface area contributed by atoms with Crippen molar-refractivity contribution in [3.05, 3.63) is 57.8 Å². The van der Waals surface area contributed by atoms with Crippen LogP contribution in [0.15, 0.2) is 41.8 Å². The summed E-state index contributed by atoms with van der Waals surface area (Å²) in [6.07, 6.45) is 4.34. The van der Waals surface area contributed by atoms with E-state index >= 15 is 0 Å². The quantitative estimate of drug-likeness (QED) is 0.712. The van der Waals surface area contributed by atoms with E-state index in [1.54, 1.807) is 11.3 Å². The van der Waals surface area contributed by atoms with Gasteiger partial charge in [0.1, 0.15) is 0 Å². The Labute approximate surface area is 164 Å². The Balaban J connectivity index is 1.48. The molecule has 3 rings (SSSR count). The van der Waals surface area contributed by atoms with Crippen molar-refractivity contribution in [3.63, 3.8) is 0 Å². The lowest BCUT2D eigenvalue weighted by atomic mass is 9.90. The summed E-state index contributed by atoms with van der Waals surface area (Å²) < 4.78 is 0. The molecule has 2 unspecified atom stereocenters. The molecule has 2 aromatic rings. The van der Waals surface area contributed by atoms with Gasteiger partial charge in [-0.2, -0.15) is 0 Å². The van der Waals surface area contributed by atoms with Crippen LogP contribution in [0, 0.1) is 6.92 Å². The average Bonchev–Trinajstić information content (AvgIpc) is 3.16. The topological polar surface area (TPSA) is 70.2 Å². The van der Waals surface area contributed by atoms with Gasteiger partial charge in [-0.05, 0) is 36.8 Å². The molecule has 3 amide bonds. The predicted octanol–water partition coefficient (Wildman–Crippen LogP) is 3.53. The van der Waals surface area contributed by atoms with Gasteiger partial charge in [0.2, 0.25) is 5.91 Å². The SMILES string of the molecule is Cc1ccc(CNC(=O)NC2CCCCC2NC(=O)Cc2cccs2)cc1. The van der Waals surface area contributed by atoms with E-state index in [4.69, 9.17) is 0 Å². The van der Waals surface area contributed by atoms with Gasteiger partial charge in [0.05, 0.1) is 12.5 Å². The van der Waals surface area contributed by atoms with Gasteiger partial charge < -0.3 is 16.0 Å². The molecule has 1 saturated carbocycles. The molecule has 0 bridgehead atoms. The second-order valence-electron chi connectivity index (χ2n) is 7.13. The van der Waals surface area contributed by atoms with Crippen LogP contribution in [0.1, 0.15) is 41.7 Å². The van der Waals surface area contributed by atoms with Crippen LogP contribution in [0.4, 0.5) is 4.79 Å². The van der Waals surface area contributed by atoms with Crippen LogP contribution in [-0.2, 0) is 17.8 Å². The smallest absolute Gasteiger partial charge is 0.315 e. The molecule has 27 heavy (non-hydrogen) atoms. The highest BCUT2D eigenvalue weighted by Crippen LogP contribution is 2.19. The fourth-order valence-electron chi connectivity index (χ4n) is 3.41. The van der Waals surface area contributed by atoms with E-state index in [0.29, 0.717) is 13.0 Å². The highest BCUT2D eigenvalue weighted by Gasteiger charge is 2.27. The Bertz CT molecular complexity index is 743. The molecular formula is C21H27N3O2S. The molecular weight excluding hydrogens is 358 g/mol. The number of carbonyl (C=O) groups is 2. The van der Waals surface area contributed by atoms with Gasteiger partial charge in [-0.15, -0.1) is 11.3 Å². The number of nitrogens with one attached hydrogen (secondary N) is 3. The number of hydrogen-bond donors (Lipinski definition) is 3. The maximum absolute atomic E-state index is 12.3. The van der Waals surface area contributed by atoms with Crippen LogP contribution < -0.4 is 16.0 Å². The van der Waals surface area contributed by atoms with Gasteiger partial charge in [-0.25, -0.2) is 4.79 Å². The van der Waals surface area contributed by atoms with Crippen molar-refractivity contribution in [3.8, 4) is 0 Å². The van der Waals surface area contributed by atoms with Gasteiger partial charge in [0.25, 0.3) is 0 Å². The minimum atomic E-state index is -0.181. The molecule has 1 aliphatic carbocycles. The summed E-state index contributed by atoms with van der Waals surface area (Å²) in [5.74, 6) is 0.0243. The highest BCUT2D eigenvalue weighted by atomic mass is 32.1. The molecule has 1 aromatic carbocycles. The van der Waals surface area contributed by atoms with Crippen molar-refractivity contribution in [2.24, 2.45) is 0 Å². The van der Waals surface area contributed by atoms with Crippen LogP contribution in [0.5, 0.6) is 0 Å². The van der Waals surface area contributed by atoms with Gasteiger partial charge >= 0.3 is 6.03 Å². The summed E-state index contributed by atoms with van der Waals surface area (Å²) in [5, 5.41) is 11.1. The lowest BCUT2D eigenvalue weighted by Crippen LogP contribution is -2.55. The fourth-order valence-corrected chi connectivity index (χ4v) is 4.12. The molecule has 1 fully saturated rings. The number of aryl methyl sites for hydroxylation is 1. The van der Waals surface area contributed by atoms with Crippen molar-refractivity contribution in [2.75, 3.05) is 0 Å². The standard InChI is InChI=1S/C21H27N3O2S/c1-15-8-10-16(11-9-15)14-22-21(26)24-19-7-3-2-6-18(19)23-20(25)13-17-5-4-12-27-17/h4-5,8-12,18-19H,2-3,6-7,13-14H2,1H3,(H,23,25)(H2,22,24,26). The van der Waals surface area contributed by atoms with Crippen molar-refractivity contribution in [1.82, 2.24) is 16.0 Å². The maximum atomic E-state index is 12.3. The first-order valence-corrected chi connectivity index (χ1v) is 10.4. The zero-order chi connectivity index (χ0) is 19.1. The van der Waals surface area contributed by atoms with E-state index in [9.17, 15) is 9.59 Å². The first kappa shape index (κ1) is 19.4. The predicted molar refractivity (Wildman–Crippen MR) is 109 cm³/mol. The molecule has 0 saturated heterocycles. The summed E-state index contributed by atoms with van der Waals surface area (Å²) in [4.78, 5) is 25.7. The number of urea groups is 1. The van der Waals surface area contributed by atoms with Gasteiger partial charge in [0, 0.05) is 17.5 Å². The summed E-state index contributed by atoms with van der Waals surface area (Å²) in [6, 6.07) is 11.8. The molecule has 1 aliphatic rings. The second kappa shape index (κ2) is 9.55. The molecule has 1 aromatic heterocycles. The maximum Gasteiger partial charge on any atom is 0.315 e. The second-order valence-corrected chi connectivity index (χ2v) is 8.17. The Morgan fingerprint density at radius 1 is 1.04 bits per heavy atom. The Morgan fingerprint density at radius 2 is 1.74 bits per heavy atom. The van der Waals surface area contributed by atoms with E-state index in [-0.39, 0.29) is 24.0 Å². The number of hydrogen-bond acceptors (Lipinski definition) is 3. The average molecular weight is 386 g/mol. The monoisotopic (exact) mass is 385 g/mol. The molecule has 6 heteroatoms. The summed E-state index contributed by atoms with van der Waals surface area (Å²) in [7, 11) is 0. The molecule has 3 N–H and O–H groups in total. The number of thiophene rings is 1. The van der Waals surface area contributed by atoms with E-state index in [0.717, 1.165) is 36.1 Å². The molecule has 0 spiro atoms. The van der Waals surface area contributed by atoms with E-state index in [2.05, 4.69) is 16.0 Å². The van der Waals surface area contributed by atoms with Crippen molar-refractivity contribution >= 4 is 23.3 Å². The summed E-state index contributed by atoms with van der Waals surface area (Å²) in [5.41, 5.74) is 2.27. The summed E-state index contributed by atoms with van der Waals surface area (Å²) in [6.45, 7) is 2.54. The molecule has 144 valence electrons. The van der Waals surface area contributed by atoms with Gasteiger partial charge in [0.15, 0.2) is 0 Å². The Kier molecular flexibility index (Phi) is 6.87. The Hall–Kier alpha value is -2.34. The fraction of sp³-hybridized carbons (Fsp3) is 0.429. The first-order valence-electron chi connectivity index (χ1n) is 9.52. The number of carbonyl (C=O) groups excluding carboxylic acids is 2. The van der Waals surface area contributed by atoms with Gasteiger partial charge in [-0.1, -0.05) is 48.7 Å². The lowest BCUT2D eigenvalue weighted by Gasteiger charge is -2.32. The molecule has 0 radical (unpaired) electrons. The third-order valence-corrected chi connectivity index (χ3v) is 5.79. The minimum Gasteiger partial charge on any atom is -0.351 e. The van der Waals surface area contributed by atoms with Crippen LogP contribution >= 0.6 is 11.3 Å². The van der Waals surface area contributed by atoms with Crippen molar-refractivity contribution in [2.45, 2.75) is 57.7 Å². The number of rotatable bonds is 6. The van der Waals surface area contributed by atoms with Crippen LogP contribution in [0.25, 0.3) is 0 Å². The first-order chi connectivity index (χ1) is 13.1.